The first kappa shape index (κ1) is 15.5. The molecule has 112 valence electrons. The Morgan fingerprint density at radius 2 is 2.10 bits per heavy atom. The van der Waals surface area contributed by atoms with Crippen molar-refractivity contribution in [1.29, 1.82) is 0 Å². The summed E-state index contributed by atoms with van der Waals surface area (Å²) < 4.78 is 13.2. The number of rotatable bonds is 3. The van der Waals surface area contributed by atoms with Gasteiger partial charge in [0.2, 0.25) is 5.91 Å². The normalized spacial score (nSPS) is 15.1. The first-order chi connectivity index (χ1) is 10.2. The largest absolute Gasteiger partial charge is 0.384 e. The van der Waals surface area contributed by atoms with Crippen LogP contribution in [0.2, 0.25) is 0 Å². The van der Waals surface area contributed by atoms with Gasteiger partial charge in [-0.25, -0.2) is 4.39 Å². The first-order valence-corrected chi connectivity index (χ1v) is 7.38. The predicted octanol–water partition coefficient (Wildman–Crippen LogP) is 3.08. The maximum Gasteiger partial charge on any atom is 0.224 e. The third kappa shape index (κ3) is 4.87. The number of aliphatic hydroxyl groups excluding tert-OH is 1. The SMILES string of the molecule is O=C(CC1CCCCC1)Nc1ccc(F)cc1C#CCO. The molecule has 0 atom stereocenters. The summed E-state index contributed by atoms with van der Waals surface area (Å²) in [5, 5.41) is 11.5. The molecule has 1 aliphatic carbocycles. The van der Waals surface area contributed by atoms with Crippen molar-refractivity contribution in [2.24, 2.45) is 5.92 Å². The summed E-state index contributed by atoms with van der Waals surface area (Å²) in [5.74, 6) is 5.11. The Bertz CT molecular complexity index is 554. The molecule has 1 saturated carbocycles. The van der Waals surface area contributed by atoms with E-state index >= 15 is 0 Å². The number of halogens is 1. The Morgan fingerprint density at radius 3 is 2.81 bits per heavy atom. The summed E-state index contributed by atoms with van der Waals surface area (Å²) in [4.78, 5) is 12.1. The van der Waals surface area contributed by atoms with Gasteiger partial charge >= 0.3 is 0 Å². The van der Waals surface area contributed by atoms with E-state index in [0.29, 0.717) is 23.6 Å². The maximum absolute atomic E-state index is 13.2. The number of anilines is 1. The Morgan fingerprint density at radius 1 is 1.33 bits per heavy atom. The fraction of sp³-hybridized carbons (Fsp3) is 0.471. The number of carbonyl (C=O) groups excluding carboxylic acids is 1. The molecular formula is C17H20FNO2. The van der Waals surface area contributed by atoms with Gasteiger partial charge in [0.05, 0.1) is 11.3 Å². The van der Waals surface area contributed by atoms with E-state index in [9.17, 15) is 9.18 Å². The van der Waals surface area contributed by atoms with Crippen molar-refractivity contribution < 1.29 is 14.3 Å². The van der Waals surface area contributed by atoms with Crippen LogP contribution in [0.25, 0.3) is 0 Å². The highest BCUT2D eigenvalue weighted by atomic mass is 19.1. The molecule has 21 heavy (non-hydrogen) atoms. The Hall–Kier alpha value is -1.86. The Kier molecular flexibility index (Phi) is 5.77. The second-order valence-corrected chi connectivity index (χ2v) is 5.41. The minimum atomic E-state index is -0.414. The second kappa shape index (κ2) is 7.80. The molecule has 1 aromatic carbocycles. The molecular weight excluding hydrogens is 269 g/mol. The molecule has 2 N–H and O–H groups in total. The van der Waals surface area contributed by atoms with Crippen molar-refractivity contribution in [3.8, 4) is 11.8 Å². The van der Waals surface area contributed by atoms with Gasteiger partial charge in [-0.1, -0.05) is 31.1 Å². The molecule has 1 amide bonds. The van der Waals surface area contributed by atoms with Crippen LogP contribution in [0, 0.1) is 23.6 Å². The molecule has 0 aromatic heterocycles. The van der Waals surface area contributed by atoms with Crippen LogP contribution in [0.15, 0.2) is 18.2 Å². The van der Waals surface area contributed by atoms with Gasteiger partial charge in [0.25, 0.3) is 0 Å². The van der Waals surface area contributed by atoms with Crippen molar-refractivity contribution >= 4 is 11.6 Å². The molecule has 4 heteroatoms. The third-order valence-electron chi connectivity index (χ3n) is 3.76. The lowest BCUT2D eigenvalue weighted by Gasteiger charge is -2.21. The van der Waals surface area contributed by atoms with Gasteiger partial charge in [-0.15, -0.1) is 0 Å². The standard InChI is InChI=1S/C17H20FNO2/c18-15-8-9-16(14(12-15)7-4-10-20)19-17(21)11-13-5-2-1-3-6-13/h8-9,12-13,20H,1-3,5-6,10-11H2,(H,19,21). The lowest BCUT2D eigenvalue weighted by molar-refractivity contribution is -0.117. The summed E-state index contributed by atoms with van der Waals surface area (Å²) in [6.45, 7) is -0.300. The van der Waals surface area contributed by atoms with Crippen LogP contribution >= 0.6 is 0 Å². The molecule has 0 bridgehead atoms. The summed E-state index contributed by atoms with van der Waals surface area (Å²) in [5.41, 5.74) is 0.888. The monoisotopic (exact) mass is 289 g/mol. The molecule has 0 unspecified atom stereocenters. The van der Waals surface area contributed by atoms with E-state index in [2.05, 4.69) is 17.2 Å². The molecule has 1 aliphatic rings. The summed E-state index contributed by atoms with van der Waals surface area (Å²) in [6.07, 6.45) is 6.37. The van der Waals surface area contributed by atoms with Crippen molar-refractivity contribution in [2.45, 2.75) is 38.5 Å². The van der Waals surface area contributed by atoms with Crippen LogP contribution in [0.3, 0.4) is 0 Å². The van der Waals surface area contributed by atoms with Crippen molar-refractivity contribution in [3.63, 3.8) is 0 Å². The first-order valence-electron chi connectivity index (χ1n) is 7.38. The molecule has 1 aromatic rings. The summed E-state index contributed by atoms with van der Waals surface area (Å²) >= 11 is 0. The van der Waals surface area contributed by atoms with Crippen molar-refractivity contribution in [2.75, 3.05) is 11.9 Å². The van der Waals surface area contributed by atoms with Gasteiger partial charge in [0.1, 0.15) is 12.4 Å². The number of hydrogen-bond acceptors (Lipinski definition) is 2. The quantitative estimate of drug-likeness (QED) is 0.840. The number of carbonyl (C=O) groups is 1. The van der Waals surface area contributed by atoms with Crippen LogP contribution in [0.5, 0.6) is 0 Å². The average molecular weight is 289 g/mol. The van der Waals surface area contributed by atoms with E-state index in [0.717, 1.165) is 12.8 Å². The molecule has 0 spiro atoms. The molecule has 0 saturated heterocycles. The highest BCUT2D eigenvalue weighted by Gasteiger charge is 2.17. The number of amides is 1. The Balaban J connectivity index is 2.02. The van der Waals surface area contributed by atoms with Crippen LogP contribution in [0.4, 0.5) is 10.1 Å². The van der Waals surface area contributed by atoms with Gasteiger partial charge < -0.3 is 10.4 Å². The van der Waals surface area contributed by atoms with Crippen LogP contribution in [-0.4, -0.2) is 17.6 Å². The molecule has 3 nitrogen and oxygen atoms in total. The van der Waals surface area contributed by atoms with Crippen molar-refractivity contribution in [1.82, 2.24) is 0 Å². The minimum absolute atomic E-state index is 0.0550. The number of aliphatic hydroxyl groups is 1. The van der Waals surface area contributed by atoms with Crippen molar-refractivity contribution in [3.05, 3.63) is 29.6 Å². The molecule has 0 heterocycles. The highest BCUT2D eigenvalue weighted by molar-refractivity contribution is 5.92. The number of nitrogens with one attached hydrogen (secondary N) is 1. The molecule has 1 fully saturated rings. The minimum Gasteiger partial charge on any atom is -0.384 e. The fourth-order valence-electron chi connectivity index (χ4n) is 2.72. The zero-order chi connectivity index (χ0) is 15.1. The van der Waals surface area contributed by atoms with E-state index < -0.39 is 5.82 Å². The molecule has 0 radical (unpaired) electrons. The zero-order valence-electron chi connectivity index (χ0n) is 12.0. The predicted molar refractivity (Wildman–Crippen MR) is 80.2 cm³/mol. The van der Waals surface area contributed by atoms with E-state index in [1.807, 2.05) is 0 Å². The number of hydrogen-bond donors (Lipinski definition) is 2. The fourth-order valence-corrected chi connectivity index (χ4v) is 2.72. The van der Waals surface area contributed by atoms with Gasteiger partial charge in [0.15, 0.2) is 0 Å². The number of benzene rings is 1. The molecule has 2 rings (SSSR count). The Labute approximate surface area is 124 Å². The third-order valence-corrected chi connectivity index (χ3v) is 3.76. The van der Waals surface area contributed by atoms with E-state index in [4.69, 9.17) is 5.11 Å². The van der Waals surface area contributed by atoms with Gasteiger partial charge in [-0.05, 0) is 37.0 Å². The van der Waals surface area contributed by atoms with Crippen LogP contribution in [-0.2, 0) is 4.79 Å². The smallest absolute Gasteiger partial charge is 0.224 e. The van der Waals surface area contributed by atoms with Gasteiger partial charge in [-0.2, -0.15) is 0 Å². The van der Waals surface area contributed by atoms with Crippen LogP contribution < -0.4 is 5.32 Å². The summed E-state index contributed by atoms with van der Waals surface area (Å²) in [6, 6.07) is 4.06. The van der Waals surface area contributed by atoms with E-state index in [-0.39, 0.29) is 12.5 Å². The van der Waals surface area contributed by atoms with Gasteiger partial charge in [-0.3, -0.25) is 4.79 Å². The lowest BCUT2D eigenvalue weighted by atomic mass is 9.87. The zero-order valence-corrected chi connectivity index (χ0v) is 12.0. The lowest BCUT2D eigenvalue weighted by Crippen LogP contribution is -2.18. The van der Waals surface area contributed by atoms with Crippen LogP contribution in [0.1, 0.15) is 44.1 Å². The molecule has 0 aliphatic heterocycles. The highest BCUT2D eigenvalue weighted by Crippen LogP contribution is 2.27. The van der Waals surface area contributed by atoms with E-state index in [1.54, 1.807) is 0 Å². The van der Waals surface area contributed by atoms with E-state index in [1.165, 1.54) is 37.5 Å². The average Bonchev–Trinajstić information content (AvgIpc) is 2.48. The topological polar surface area (TPSA) is 49.3 Å². The second-order valence-electron chi connectivity index (χ2n) is 5.41. The van der Waals surface area contributed by atoms with Gasteiger partial charge in [0, 0.05) is 6.42 Å². The maximum atomic E-state index is 13.2. The summed E-state index contributed by atoms with van der Waals surface area (Å²) in [7, 11) is 0.